The first-order chi connectivity index (χ1) is 11.8. The van der Waals surface area contributed by atoms with Crippen LogP contribution < -0.4 is 4.74 Å². The molecular weight excluding hydrogens is 294 g/mol. The second-order valence-corrected chi connectivity index (χ2v) is 6.20. The van der Waals surface area contributed by atoms with Gasteiger partial charge in [0.15, 0.2) is 0 Å². The first-order valence-corrected chi connectivity index (χ1v) is 8.53. The molecule has 0 aliphatic carbocycles. The zero-order valence-electron chi connectivity index (χ0n) is 14.1. The Balaban J connectivity index is 1.86. The summed E-state index contributed by atoms with van der Waals surface area (Å²) in [5, 5.41) is 2.57. The van der Waals surface area contributed by atoms with E-state index in [0.29, 0.717) is 0 Å². The summed E-state index contributed by atoms with van der Waals surface area (Å²) >= 11 is 0. The van der Waals surface area contributed by atoms with Gasteiger partial charge in [0, 0.05) is 16.5 Å². The molecule has 0 spiro atoms. The molecule has 0 aliphatic heterocycles. The van der Waals surface area contributed by atoms with E-state index in [1.165, 1.54) is 21.8 Å². The molecule has 0 radical (unpaired) electrons. The number of hydrogen-bond acceptors (Lipinski definition) is 1. The van der Waals surface area contributed by atoms with E-state index in [9.17, 15) is 0 Å². The van der Waals surface area contributed by atoms with E-state index in [4.69, 9.17) is 4.74 Å². The highest BCUT2D eigenvalue weighted by atomic mass is 16.5. The van der Waals surface area contributed by atoms with Crippen LogP contribution in [0.1, 0.15) is 20.3 Å². The first kappa shape index (κ1) is 14.8. The van der Waals surface area contributed by atoms with Gasteiger partial charge in [-0.05, 0) is 49.7 Å². The molecule has 1 heterocycles. The Morgan fingerprint density at radius 3 is 1.88 bits per heavy atom. The summed E-state index contributed by atoms with van der Waals surface area (Å²) in [6, 6.07) is 25.5. The molecule has 0 saturated heterocycles. The number of nitrogens with zero attached hydrogens (tertiary/aromatic N) is 1. The molecule has 0 bridgehead atoms. The Hall–Kier alpha value is -2.74. The molecule has 1 aromatic heterocycles. The second-order valence-electron chi connectivity index (χ2n) is 6.20. The molecule has 2 nitrogen and oxygen atoms in total. The Morgan fingerprint density at radius 1 is 0.792 bits per heavy atom. The van der Waals surface area contributed by atoms with Crippen LogP contribution in [-0.4, -0.2) is 10.7 Å². The number of para-hydroxylation sites is 2. The third-order valence-electron chi connectivity index (χ3n) is 4.59. The lowest BCUT2D eigenvalue weighted by molar-refractivity contribution is 0.217. The average Bonchev–Trinajstić information content (AvgIpc) is 2.97. The van der Waals surface area contributed by atoms with Crippen molar-refractivity contribution < 1.29 is 4.74 Å². The predicted molar refractivity (Wildman–Crippen MR) is 101 cm³/mol. The fourth-order valence-corrected chi connectivity index (χ4v) is 3.19. The van der Waals surface area contributed by atoms with Crippen LogP contribution in [0.2, 0.25) is 0 Å². The van der Waals surface area contributed by atoms with Gasteiger partial charge in [0.25, 0.3) is 0 Å². The van der Waals surface area contributed by atoms with Gasteiger partial charge in [0.05, 0.1) is 17.1 Å². The van der Waals surface area contributed by atoms with Gasteiger partial charge in [0.1, 0.15) is 5.75 Å². The third-order valence-corrected chi connectivity index (χ3v) is 4.59. The summed E-state index contributed by atoms with van der Waals surface area (Å²) in [4.78, 5) is 0. The molecule has 24 heavy (non-hydrogen) atoms. The molecule has 0 saturated carbocycles. The Labute approximate surface area is 142 Å². The molecule has 0 amide bonds. The summed E-state index contributed by atoms with van der Waals surface area (Å²) < 4.78 is 8.22. The van der Waals surface area contributed by atoms with Crippen molar-refractivity contribution in [1.29, 1.82) is 0 Å². The van der Waals surface area contributed by atoms with Crippen molar-refractivity contribution in [2.24, 2.45) is 0 Å². The molecule has 0 fully saturated rings. The van der Waals surface area contributed by atoms with Crippen LogP contribution >= 0.6 is 0 Å². The Bertz CT molecular complexity index is 929. The van der Waals surface area contributed by atoms with Gasteiger partial charge >= 0.3 is 0 Å². The SMILES string of the molecule is CCC(C)Oc1ccc(-n2c3ccccc3c3ccccc32)cc1. The summed E-state index contributed by atoms with van der Waals surface area (Å²) in [6.07, 6.45) is 1.25. The minimum absolute atomic E-state index is 0.240. The van der Waals surface area contributed by atoms with E-state index in [1.807, 2.05) is 0 Å². The van der Waals surface area contributed by atoms with Crippen molar-refractivity contribution >= 4 is 21.8 Å². The standard InChI is InChI=1S/C22H21NO/c1-3-16(2)24-18-14-12-17(13-15-18)23-21-10-6-4-8-19(21)20-9-5-7-11-22(20)23/h4-16H,3H2,1-2H3. The van der Waals surface area contributed by atoms with Crippen molar-refractivity contribution in [3.63, 3.8) is 0 Å². The lowest BCUT2D eigenvalue weighted by Crippen LogP contribution is -2.09. The van der Waals surface area contributed by atoms with Crippen molar-refractivity contribution in [3.05, 3.63) is 72.8 Å². The van der Waals surface area contributed by atoms with Crippen molar-refractivity contribution in [2.45, 2.75) is 26.4 Å². The number of fused-ring (bicyclic) bond motifs is 3. The number of ether oxygens (including phenoxy) is 1. The molecule has 1 unspecified atom stereocenters. The Kier molecular flexibility index (Phi) is 3.73. The van der Waals surface area contributed by atoms with E-state index in [0.717, 1.165) is 17.9 Å². The van der Waals surface area contributed by atoms with Crippen molar-refractivity contribution in [1.82, 2.24) is 4.57 Å². The van der Waals surface area contributed by atoms with Crippen LogP contribution in [0.4, 0.5) is 0 Å². The van der Waals surface area contributed by atoms with Gasteiger partial charge in [-0.25, -0.2) is 0 Å². The van der Waals surface area contributed by atoms with E-state index < -0.39 is 0 Å². The molecular formula is C22H21NO. The summed E-state index contributed by atoms with van der Waals surface area (Å²) in [5.74, 6) is 0.925. The minimum atomic E-state index is 0.240. The van der Waals surface area contributed by atoms with Crippen LogP contribution in [0.15, 0.2) is 72.8 Å². The smallest absolute Gasteiger partial charge is 0.119 e. The maximum atomic E-state index is 5.90. The van der Waals surface area contributed by atoms with Gasteiger partial charge in [-0.1, -0.05) is 43.3 Å². The minimum Gasteiger partial charge on any atom is -0.491 e. The molecule has 2 heteroatoms. The lowest BCUT2D eigenvalue weighted by atomic mass is 10.2. The van der Waals surface area contributed by atoms with Gasteiger partial charge in [-0.15, -0.1) is 0 Å². The fraction of sp³-hybridized carbons (Fsp3) is 0.182. The van der Waals surface area contributed by atoms with Crippen molar-refractivity contribution in [2.75, 3.05) is 0 Å². The zero-order valence-corrected chi connectivity index (χ0v) is 14.1. The highest BCUT2D eigenvalue weighted by Gasteiger charge is 2.11. The monoisotopic (exact) mass is 315 g/mol. The van der Waals surface area contributed by atoms with E-state index in [2.05, 4.69) is 91.2 Å². The van der Waals surface area contributed by atoms with Crippen LogP contribution in [-0.2, 0) is 0 Å². The number of hydrogen-bond donors (Lipinski definition) is 0. The summed E-state index contributed by atoms with van der Waals surface area (Å²) in [7, 11) is 0. The van der Waals surface area contributed by atoms with Crippen molar-refractivity contribution in [3.8, 4) is 11.4 Å². The molecule has 4 aromatic rings. The maximum absolute atomic E-state index is 5.90. The molecule has 3 aromatic carbocycles. The molecule has 1 atom stereocenters. The van der Waals surface area contributed by atoms with E-state index in [1.54, 1.807) is 0 Å². The lowest BCUT2D eigenvalue weighted by Gasteiger charge is -2.13. The Morgan fingerprint density at radius 2 is 1.33 bits per heavy atom. The molecule has 0 N–H and O–H groups in total. The maximum Gasteiger partial charge on any atom is 0.119 e. The number of aromatic nitrogens is 1. The third kappa shape index (κ3) is 2.44. The topological polar surface area (TPSA) is 14.2 Å². The van der Waals surface area contributed by atoms with Crippen LogP contribution in [0.25, 0.3) is 27.5 Å². The van der Waals surface area contributed by atoms with Gasteiger partial charge in [0.2, 0.25) is 0 Å². The quantitative estimate of drug-likeness (QED) is 0.453. The summed E-state index contributed by atoms with van der Waals surface area (Å²) in [5.41, 5.74) is 3.62. The highest BCUT2D eigenvalue weighted by Crippen LogP contribution is 2.32. The zero-order chi connectivity index (χ0) is 16.5. The van der Waals surface area contributed by atoms with Gasteiger partial charge < -0.3 is 9.30 Å². The molecule has 120 valence electrons. The molecule has 0 aliphatic rings. The molecule has 4 rings (SSSR count). The van der Waals surface area contributed by atoms with Crippen LogP contribution in [0.3, 0.4) is 0 Å². The van der Waals surface area contributed by atoms with Gasteiger partial charge in [-0.3, -0.25) is 0 Å². The van der Waals surface area contributed by atoms with E-state index in [-0.39, 0.29) is 6.10 Å². The van der Waals surface area contributed by atoms with Gasteiger partial charge in [-0.2, -0.15) is 0 Å². The second kappa shape index (κ2) is 6.04. The number of rotatable bonds is 4. The summed E-state index contributed by atoms with van der Waals surface area (Å²) in [6.45, 7) is 4.23. The average molecular weight is 315 g/mol. The normalized spacial score (nSPS) is 12.6. The van der Waals surface area contributed by atoms with Crippen LogP contribution in [0.5, 0.6) is 5.75 Å². The first-order valence-electron chi connectivity index (χ1n) is 8.53. The predicted octanol–water partition coefficient (Wildman–Crippen LogP) is 5.96. The number of benzene rings is 3. The van der Waals surface area contributed by atoms with E-state index >= 15 is 0 Å². The fourth-order valence-electron chi connectivity index (χ4n) is 3.19. The largest absolute Gasteiger partial charge is 0.491 e. The van der Waals surface area contributed by atoms with Crippen LogP contribution in [0, 0.1) is 0 Å². The highest BCUT2D eigenvalue weighted by molar-refractivity contribution is 6.09.